The molecule has 0 fully saturated rings. The smallest absolute Gasteiger partial charge is 0.131 e. The van der Waals surface area contributed by atoms with E-state index in [9.17, 15) is 0 Å². The number of pyridine rings is 1. The van der Waals surface area contributed by atoms with Gasteiger partial charge in [-0.15, -0.1) is 0 Å². The lowest BCUT2D eigenvalue weighted by molar-refractivity contribution is 0.858. The molecule has 0 bridgehead atoms. The molecule has 0 aliphatic heterocycles. The molecule has 0 aliphatic carbocycles. The molecule has 88 valence electrons. The highest BCUT2D eigenvalue weighted by molar-refractivity contribution is 9.10. The van der Waals surface area contributed by atoms with Gasteiger partial charge in [0.05, 0.1) is 6.04 Å². The normalized spacial score (nSPS) is 12.2. The van der Waals surface area contributed by atoms with Gasteiger partial charge in [-0.05, 0) is 41.4 Å². The summed E-state index contributed by atoms with van der Waals surface area (Å²) >= 11 is 3.36. The van der Waals surface area contributed by atoms with E-state index in [1.165, 1.54) is 0 Å². The highest BCUT2D eigenvalue weighted by atomic mass is 79.9. The Labute approximate surface area is 109 Å². The summed E-state index contributed by atoms with van der Waals surface area (Å²) in [5, 5.41) is 3.32. The van der Waals surface area contributed by atoms with E-state index in [1.54, 1.807) is 6.20 Å². The van der Waals surface area contributed by atoms with E-state index in [-0.39, 0.29) is 6.04 Å². The highest BCUT2D eigenvalue weighted by Crippen LogP contribution is 2.18. The molecule has 2 aromatic rings. The van der Waals surface area contributed by atoms with Gasteiger partial charge in [-0.1, -0.05) is 6.07 Å². The summed E-state index contributed by atoms with van der Waals surface area (Å²) < 4.78 is 0.783. The van der Waals surface area contributed by atoms with E-state index in [2.05, 4.69) is 43.1 Å². The van der Waals surface area contributed by atoms with Crippen LogP contribution in [0.4, 0.5) is 5.82 Å². The van der Waals surface area contributed by atoms with Crippen LogP contribution in [-0.2, 0) is 0 Å². The van der Waals surface area contributed by atoms with Gasteiger partial charge in [0.2, 0.25) is 0 Å². The average molecular weight is 293 g/mol. The van der Waals surface area contributed by atoms with Gasteiger partial charge in [0, 0.05) is 18.5 Å². The molecule has 4 nitrogen and oxygen atoms in total. The lowest BCUT2D eigenvalue weighted by atomic mass is 10.1. The van der Waals surface area contributed by atoms with Crippen LogP contribution in [0.15, 0.2) is 35.2 Å². The first-order valence-electron chi connectivity index (χ1n) is 5.33. The lowest BCUT2D eigenvalue weighted by Gasteiger charge is -2.14. The molecule has 2 rings (SSSR count). The number of aromatic nitrogens is 3. The first-order valence-corrected chi connectivity index (χ1v) is 6.12. The van der Waals surface area contributed by atoms with Crippen molar-refractivity contribution in [3.05, 3.63) is 46.6 Å². The third-order valence-corrected chi connectivity index (χ3v) is 2.76. The second-order valence-corrected chi connectivity index (χ2v) is 4.59. The number of hydrogen-bond donors (Lipinski definition) is 1. The van der Waals surface area contributed by atoms with Crippen molar-refractivity contribution in [3.8, 4) is 0 Å². The fourth-order valence-corrected chi connectivity index (χ4v) is 2.02. The summed E-state index contributed by atoms with van der Waals surface area (Å²) in [6.45, 7) is 3.94. The number of rotatable bonds is 3. The molecule has 0 aliphatic rings. The largest absolute Gasteiger partial charge is 0.363 e. The predicted molar refractivity (Wildman–Crippen MR) is 70.7 cm³/mol. The minimum absolute atomic E-state index is 0.157. The molecule has 1 N–H and O–H groups in total. The van der Waals surface area contributed by atoms with Gasteiger partial charge in [-0.25, -0.2) is 9.97 Å². The van der Waals surface area contributed by atoms with E-state index in [4.69, 9.17) is 0 Å². The summed E-state index contributed by atoms with van der Waals surface area (Å²) in [6, 6.07) is 5.98. The molecule has 0 spiro atoms. The van der Waals surface area contributed by atoms with E-state index in [0.717, 1.165) is 21.8 Å². The molecule has 5 heteroatoms. The van der Waals surface area contributed by atoms with Crippen LogP contribution in [0, 0.1) is 6.92 Å². The Bertz CT molecular complexity index is 481. The second kappa shape index (κ2) is 5.23. The zero-order chi connectivity index (χ0) is 12.3. The van der Waals surface area contributed by atoms with Crippen molar-refractivity contribution >= 4 is 21.7 Å². The van der Waals surface area contributed by atoms with Gasteiger partial charge in [-0.3, -0.25) is 4.98 Å². The quantitative estimate of drug-likeness (QED) is 0.883. The van der Waals surface area contributed by atoms with Gasteiger partial charge < -0.3 is 5.32 Å². The number of halogens is 1. The summed E-state index contributed by atoms with van der Waals surface area (Å²) in [6.07, 6.45) is 3.61. The number of anilines is 1. The van der Waals surface area contributed by atoms with Crippen molar-refractivity contribution < 1.29 is 0 Å². The topological polar surface area (TPSA) is 50.7 Å². The van der Waals surface area contributed by atoms with Crippen LogP contribution in [0.1, 0.15) is 24.4 Å². The van der Waals surface area contributed by atoms with Crippen LogP contribution in [0.25, 0.3) is 0 Å². The third-order valence-electron chi connectivity index (χ3n) is 2.36. The third kappa shape index (κ3) is 3.23. The molecule has 1 unspecified atom stereocenters. The molecule has 1 atom stereocenters. The summed E-state index contributed by atoms with van der Waals surface area (Å²) in [5.41, 5.74) is 1.12. The average Bonchev–Trinajstić information content (AvgIpc) is 2.28. The summed E-state index contributed by atoms with van der Waals surface area (Å²) in [4.78, 5) is 12.6. The van der Waals surface area contributed by atoms with Crippen LogP contribution in [-0.4, -0.2) is 15.0 Å². The minimum Gasteiger partial charge on any atom is -0.363 e. The fraction of sp³-hybridized carbons (Fsp3) is 0.250. The maximum absolute atomic E-state index is 4.33. The van der Waals surface area contributed by atoms with Crippen LogP contribution in [0.2, 0.25) is 0 Å². The van der Waals surface area contributed by atoms with Crippen molar-refractivity contribution in [2.45, 2.75) is 19.9 Å². The van der Waals surface area contributed by atoms with Gasteiger partial charge in [0.15, 0.2) is 0 Å². The van der Waals surface area contributed by atoms with Gasteiger partial charge in [-0.2, -0.15) is 0 Å². The first kappa shape index (κ1) is 12.0. The molecule has 0 saturated carbocycles. The SMILES string of the molecule is Cc1nc(Br)cc(NC(C)c2cccnc2)n1. The Morgan fingerprint density at radius 3 is 2.82 bits per heavy atom. The number of nitrogens with one attached hydrogen (secondary N) is 1. The Morgan fingerprint density at radius 2 is 2.18 bits per heavy atom. The fourth-order valence-electron chi connectivity index (χ4n) is 1.54. The molecule has 0 aromatic carbocycles. The van der Waals surface area contributed by atoms with Crippen molar-refractivity contribution in [2.24, 2.45) is 0 Å². The van der Waals surface area contributed by atoms with E-state index < -0.39 is 0 Å². The number of aryl methyl sites for hydroxylation is 1. The van der Waals surface area contributed by atoms with Crippen molar-refractivity contribution in [3.63, 3.8) is 0 Å². The van der Waals surface area contributed by atoms with Crippen molar-refractivity contribution in [1.29, 1.82) is 0 Å². The highest BCUT2D eigenvalue weighted by Gasteiger charge is 2.07. The Balaban J connectivity index is 2.16. The molecule has 2 aromatic heterocycles. The maximum Gasteiger partial charge on any atom is 0.131 e. The number of hydrogen-bond acceptors (Lipinski definition) is 4. The molecular formula is C12H13BrN4. The zero-order valence-electron chi connectivity index (χ0n) is 9.68. The maximum atomic E-state index is 4.33. The Hall–Kier alpha value is -1.49. The van der Waals surface area contributed by atoms with Gasteiger partial charge in [0.25, 0.3) is 0 Å². The van der Waals surface area contributed by atoms with Gasteiger partial charge >= 0.3 is 0 Å². The van der Waals surface area contributed by atoms with E-state index >= 15 is 0 Å². The van der Waals surface area contributed by atoms with Crippen molar-refractivity contribution in [2.75, 3.05) is 5.32 Å². The molecule has 0 radical (unpaired) electrons. The molecular weight excluding hydrogens is 280 g/mol. The first-order chi connectivity index (χ1) is 8.15. The number of nitrogens with zero attached hydrogens (tertiary/aromatic N) is 3. The lowest BCUT2D eigenvalue weighted by Crippen LogP contribution is -2.09. The van der Waals surface area contributed by atoms with Gasteiger partial charge in [0.1, 0.15) is 16.2 Å². The molecule has 0 amide bonds. The Kier molecular flexibility index (Phi) is 3.68. The minimum atomic E-state index is 0.157. The zero-order valence-corrected chi connectivity index (χ0v) is 11.3. The second-order valence-electron chi connectivity index (χ2n) is 3.78. The summed E-state index contributed by atoms with van der Waals surface area (Å²) in [7, 11) is 0. The van der Waals surface area contributed by atoms with Crippen LogP contribution < -0.4 is 5.32 Å². The van der Waals surface area contributed by atoms with E-state index in [0.29, 0.717) is 0 Å². The van der Waals surface area contributed by atoms with Crippen LogP contribution in [0.3, 0.4) is 0 Å². The Morgan fingerprint density at radius 1 is 1.35 bits per heavy atom. The summed E-state index contributed by atoms with van der Waals surface area (Å²) in [5.74, 6) is 1.54. The standard InChI is InChI=1S/C12H13BrN4/c1-8(10-4-3-5-14-7-10)15-12-6-11(13)16-9(2)17-12/h3-8H,1-2H3,(H,15,16,17). The van der Waals surface area contributed by atoms with Crippen LogP contribution >= 0.6 is 15.9 Å². The monoisotopic (exact) mass is 292 g/mol. The van der Waals surface area contributed by atoms with Crippen LogP contribution in [0.5, 0.6) is 0 Å². The van der Waals surface area contributed by atoms with Crippen molar-refractivity contribution in [1.82, 2.24) is 15.0 Å². The molecule has 2 heterocycles. The van der Waals surface area contributed by atoms with E-state index in [1.807, 2.05) is 31.3 Å². The molecule has 0 saturated heterocycles. The predicted octanol–water partition coefficient (Wildman–Crippen LogP) is 3.12. The molecule has 17 heavy (non-hydrogen) atoms.